The van der Waals surface area contributed by atoms with Crippen molar-refractivity contribution in [3.8, 4) is 10.6 Å². The van der Waals surface area contributed by atoms with Gasteiger partial charge in [0, 0.05) is 25.3 Å². The van der Waals surface area contributed by atoms with Crippen molar-refractivity contribution in [2.45, 2.75) is 18.9 Å². The molecule has 4 heterocycles. The van der Waals surface area contributed by atoms with Gasteiger partial charge in [-0.2, -0.15) is 0 Å². The van der Waals surface area contributed by atoms with Gasteiger partial charge in [-0.1, -0.05) is 0 Å². The van der Waals surface area contributed by atoms with Crippen LogP contribution in [0.2, 0.25) is 0 Å². The predicted octanol–water partition coefficient (Wildman–Crippen LogP) is 2.85. The van der Waals surface area contributed by atoms with E-state index >= 15 is 0 Å². The van der Waals surface area contributed by atoms with Crippen LogP contribution in [0.25, 0.3) is 21.7 Å². The number of aromatic amines is 1. The molecule has 3 aromatic rings. The summed E-state index contributed by atoms with van der Waals surface area (Å²) in [6.07, 6.45) is 5.65. The Balaban J connectivity index is 1.50. The highest BCUT2D eigenvalue weighted by Crippen LogP contribution is 2.29. The first kappa shape index (κ1) is 16.2. The number of carbonyl (C=O) groups is 1. The van der Waals surface area contributed by atoms with Crippen molar-refractivity contribution in [2.24, 2.45) is 0 Å². The number of nitrogens with zero attached hydrogens (tertiary/aromatic N) is 4. The average Bonchev–Trinajstić information content (AvgIpc) is 3.29. The van der Waals surface area contributed by atoms with E-state index in [9.17, 15) is 4.79 Å². The van der Waals surface area contributed by atoms with Crippen molar-refractivity contribution in [1.82, 2.24) is 24.8 Å². The van der Waals surface area contributed by atoms with Gasteiger partial charge in [0.1, 0.15) is 5.52 Å². The number of nitrogens with one attached hydrogen (secondary N) is 1. The van der Waals surface area contributed by atoms with Gasteiger partial charge in [-0.15, -0.1) is 11.3 Å². The van der Waals surface area contributed by atoms with Crippen molar-refractivity contribution >= 4 is 28.4 Å². The monoisotopic (exact) mass is 355 g/mol. The maximum Gasteiger partial charge on any atom is 0.263 e. The molecule has 1 aliphatic heterocycles. The summed E-state index contributed by atoms with van der Waals surface area (Å²) in [7, 11) is 4.21. The minimum absolute atomic E-state index is 0.129. The maximum atomic E-state index is 12.8. The fraction of sp³-hybridized carbons (Fsp3) is 0.389. The third-order valence-electron chi connectivity index (χ3n) is 4.81. The lowest BCUT2D eigenvalue weighted by Crippen LogP contribution is -2.44. The van der Waals surface area contributed by atoms with E-state index in [1.165, 1.54) is 11.3 Å². The van der Waals surface area contributed by atoms with Crippen LogP contribution in [0.15, 0.2) is 30.6 Å². The van der Waals surface area contributed by atoms with E-state index in [0.717, 1.165) is 52.5 Å². The molecule has 0 spiro atoms. The van der Waals surface area contributed by atoms with Gasteiger partial charge >= 0.3 is 0 Å². The standard InChI is InChI=1S/C18H21N5OS/c1-22(2)12-6-9-23(10-7-12)18(24)16-4-3-15(25-16)14-11-20-17-13(21-14)5-8-19-17/h3-5,8,11-12H,6-7,9-10H2,1-2H3,(H,19,20). The van der Waals surface area contributed by atoms with Crippen LogP contribution in [0.4, 0.5) is 0 Å². The number of piperidine rings is 1. The quantitative estimate of drug-likeness (QED) is 0.785. The van der Waals surface area contributed by atoms with Crippen LogP contribution < -0.4 is 0 Å². The molecular weight excluding hydrogens is 334 g/mol. The highest BCUT2D eigenvalue weighted by atomic mass is 32.1. The summed E-state index contributed by atoms with van der Waals surface area (Å²) in [6.45, 7) is 1.65. The molecule has 7 heteroatoms. The molecular formula is C18H21N5OS. The Morgan fingerprint density at radius 2 is 2.08 bits per heavy atom. The lowest BCUT2D eigenvalue weighted by atomic mass is 10.0. The lowest BCUT2D eigenvalue weighted by Gasteiger charge is -2.35. The molecule has 4 rings (SSSR count). The average molecular weight is 355 g/mol. The molecule has 1 amide bonds. The smallest absolute Gasteiger partial charge is 0.263 e. The van der Waals surface area contributed by atoms with Crippen LogP contribution >= 0.6 is 11.3 Å². The molecule has 130 valence electrons. The summed E-state index contributed by atoms with van der Waals surface area (Å²) in [4.78, 5) is 30.8. The molecule has 25 heavy (non-hydrogen) atoms. The van der Waals surface area contributed by atoms with E-state index in [2.05, 4.69) is 33.9 Å². The van der Waals surface area contributed by atoms with Gasteiger partial charge < -0.3 is 14.8 Å². The van der Waals surface area contributed by atoms with Gasteiger partial charge in [-0.05, 0) is 45.1 Å². The molecule has 0 atom stereocenters. The molecule has 0 aromatic carbocycles. The van der Waals surface area contributed by atoms with Crippen LogP contribution in [-0.2, 0) is 0 Å². The van der Waals surface area contributed by atoms with Gasteiger partial charge in [0.2, 0.25) is 0 Å². The SMILES string of the molecule is CN(C)C1CCN(C(=O)c2ccc(-c3cnc4[nH]ccc4n3)s2)CC1. The Bertz CT molecular complexity index is 892. The topological polar surface area (TPSA) is 65.1 Å². The summed E-state index contributed by atoms with van der Waals surface area (Å²) in [5.74, 6) is 0.129. The molecule has 1 N–H and O–H groups in total. The summed E-state index contributed by atoms with van der Waals surface area (Å²) in [5, 5.41) is 0. The van der Waals surface area contributed by atoms with Gasteiger partial charge in [0.15, 0.2) is 5.65 Å². The third-order valence-corrected chi connectivity index (χ3v) is 5.91. The van der Waals surface area contributed by atoms with Crippen LogP contribution in [0.5, 0.6) is 0 Å². The Kier molecular flexibility index (Phi) is 4.27. The van der Waals surface area contributed by atoms with E-state index in [4.69, 9.17) is 0 Å². The molecule has 1 fully saturated rings. The molecule has 3 aromatic heterocycles. The zero-order valence-electron chi connectivity index (χ0n) is 14.4. The lowest BCUT2D eigenvalue weighted by molar-refractivity contribution is 0.0668. The highest BCUT2D eigenvalue weighted by molar-refractivity contribution is 7.17. The first-order valence-electron chi connectivity index (χ1n) is 8.48. The number of carbonyl (C=O) groups excluding carboxylic acids is 1. The van der Waals surface area contributed by atoms with Crippen molar-refractivity contribution in [2.75, 3.05) is 27.2 Å². The number of H-pyrrole nitrogens is 1. The number of thiophene rings is 1. The Hall–Kier alpha value is -2.25. The largest absolute Gasteiger partial charge is 0.345 e. The number of likely N-dealkylation sites (tertiary alicyclic amines) is 1. The van der Waals surface area contributed by atoms with E-state index in [1.54, 1.807) is 6.20 Å². The van der Waals surface area contributed by atoms with Crippen LogP contribution in [0, 0.1) is 0 Å². The molecule has 0 aliphatic carbocycles. The normalized spacial score (nSPS) is 16.0. The van der Waals surface area contributed by atoms with Gasteiger partial charge in [0.05, 0.1) is 21.6 Å². The number of aromatic nitrogens is 3. The molecule has 1 saturated heterocycles. The first-order valence-corrected chi connectivity index (χ1v) is 9.29. The minimum atomic E-state index is 0.129. The summed E-state index contributed by atoms with van der Waals surface area (Å²) in [5.41, 5.74) is 2.42. The fourth-order valence-corrected chi connectivity index (χ4v) is 4.21. The second kappa shape index (κ2) is 6.57. The minimum Gasteiger partial charge on any atom is -0.345 e. The highest BCUT2D eigenvalue weighted by Gasteiger charge is 2.25. The van der Waals surface area contributed by atoms with Crippen molar-refractivity contribution in [1.29, 1.82) is 0 Å². The van der Waals surface area contributed by atoms with Crippen molar-refractivity contribution < 1.29 is 4.79 Å². The second-order valence-corrected chi connectivity index (χ2v) is 7.70. The number of amides is 1. The molecule has 0 unspecified atom stereocenters. The van der Waals surface area contributed by atoms with Crippen LogP contribution in [0.3, 0.4) is 0 Å². The predicted molar refractivity (Wildman–Crippen MR) is 99.8 cm³/mol. The van der Waals surface area contributed by atoms with E-state index in [0.29, 0.717) is 6.04 Å². The fourth-order valence-electron chi connectivity index (χ4n) is 3.28. The third kappa shape index (κ3) is 3.17. The summed E-state index contributed by atoms with van der Waals surface area (Å²) >= 11 is 1.49. The number of hydrogen-bond donors (Lipinski definition) is 1. The molecule has 0 bridgehead atoms. The van der Waals surface area contributed by atoms with Crippen LogP contribution in [-0.4, -0.2) is 63.9 Å². The number of fused-ring (bicyclic) bond motifs is 1. The maximum absolute atomic E-state index is 12.8. The van der Waals surface area contributed by atoms with Gasteiger partial charge in [-0.25, -0.2) is 9.97 Å². The zero-order valence-corrected chi connectivity index (χ0v) is 15.2. The molecule has 0 saturated carbocycles. The Morgan fingerprint density at radius 1 is 1.28 bits per heavy atom. The first-order chi connectivity index (χ1) is 12.1. The van der Waals surface area contributed by atoms with Gasteiger partial charge in [0.25, 0.3) is 5.91 Å². The number of hydrogen-bond acceptors (Lipinski definition) is 5. The zero-order chi connectivity index (χ0) is 17.4. The van der Waals surface area contributed by atoms with Crippen molar-refractivity contribution in [3.05, 3.63) is 35.5 Å². The van der Waals surface area contributed by atoms with Gasteiger partial charge in [-0.3, -0.25) is 4.79 Å². The summed E-state index contributed by atoms with van der Waals surface area (Å²) < 4.78 is 0. The van der Waals surface area contributed by atoms with E-state index < -0.39 is 0 Å². The second-order valence-electron chi connectivity index (χ2n) is 6.62. The summed E-state index contributed by atoms with van der Waals surface area (Å²) in [6, 6.07) is 6.35. The Labute approximate surface area is 150 Å². The molecule has 0 radical (unpaired) electrons. The molecule has 1 aliphatic rings. The Morgan fingerprint density at radius 3 is 2.84 bits per heavy atom. The van der Waals surface area contributed by atoms with Crippen molar-refractivity contribution in [3.63, 3.8) is 0 Å². The van der Waals surface area contributed by atoms with E-state index in [-0.39, 0.29) is 5.91 Å². The van der Waals surface area contributed by atoms with Crippen LogP contribution in [0.1, 0.15) is 22.5 Å². The van der Waals surface area contributed by atoms with E-state index in [1.807, 2.05) is 29.3 Å². The molecule has 6 nitrogen and oxygen atoms in total. The number of rotatable bonds is 3.